The summed E-state index contributed by atoms with van der Waals surface area (Å²) in [6.45, 7) is 2.27. The van der Waals surface area contributed by atoms with Gasteiger partial charge in [0, 0.05) is 48.7 Å². The van der Waals surface area contributed by atoms with E-state index in [2.05, 4.69) is 15.4 Å². The zero-order valence-electron chi connectivity index (χ0n) is 18.4. The third-order valence-electron chi connectivity index (χ3n) is 6.16. The number of anilines is 1. The van der Waals surface area contributed by atoms with Gasteiger partial charge in [-0.25, -0.2) is 4.98 Å². The lowest BCUT2D eigenvalue weighted by atomic mass is 9.96. The molecule has 0 atom stereocenters. The summed E-state index contributed by atoms with van der Waals surface area (Å²) in [6, 6.07) is 15.2. The molecule has 5 rings (SSSR count). The van der Waals surface area contributed by atoms with Crippen molar-refractivity contribution in [1.29, 1.82) is 0 Å². The SMILES string of the molecule is Bc1cnn2c(NCC3CCN(C(=O)c4ccccn4)CC3)cc(-c3ccccc3Cl)nc12. The van der Waals surface area contributed by atoms with Crippen LogP contribution in [0.3, 0.4) is 0 Å². The predicted octanol–water partition coefficient (Wildman–Crippen LogP) is 2.67. The summed E-state index contributed by atoms with van der Waals surface area (Å²) >= 11 is 6.44. The number of aromatic nitrogens is 4. The standard InChI is InChI=1S/C24H24BClN6O/c25-18-15-29-32-22(13-21(30-23(18)32)17-5-1-2-6-19(17)26)28-14-16-8-11-31(12-9-16)24(33)20-7-3-4-10-27-20/h1-7,10,13,15-16,28H,8-9,11-12,14,25H2. The van der Waals surface area contributed by atoms with Gasteiger partial charge in [0.05, 0.1) is 5.69 Å². The van der Waals surface area contributed by atoms with Crippen LogP contribution >= 0.6 is 11.6 Å². The molecule has 1 aromatic carbocycles. The molecule has 0 spiro atoms. The molecule has 0 aliphatic carbocycles. The molecule has 0 radical (unpaired) electrons. The largest absolute Gasteiger partial charge is 0.370 e. The van der Waals surface area contributed by atoms with E-state index in [9.17, 15) is 4.79 Å². The molecular weight excluding hydrogens is 435 g/mol. The first-order valence-corrected chi connectivity index (χ1v) is 11.5. The molecule has 1 N–H and O–H groups in total. The van der Waals surface area contributed by atoms with Crippen LogP contribution < -0.4 is 10.8 Å². The number of halogens is 1. The number of carbonyl (C=O) groups excluding carboxylic acids is 1. The molecule has 0 unspecified atom stereocenters. The lowest BCUT2D eigenvalue weighted by molar-refractivity contribution is 0.0689. The number of hydrogen-bond acceptors (Lipinski definition) is 5. The molecule has 1 saturated heterocycles. The molecule has 9 heteroatoms. The van der Waals surface area contributed by atoms with E-state index in [4.69, 9.17) is 16.6 Å². The third-order valence-corrected chi connectivity index (χ3v) is 6.49. The number of fused-ring (bicyclic) bond motifs is 1. The lowest BCUT2D eigenvalue weighted by Gasteiger charge is -2.32. The second-order valence-electron chi connectivity index (χ2n) is 8.40. The van der Waals surface area contributed by atoms with E-state index in [-0.39, 0.29) is 5.91 Å². The number of likely N-dealkylation sites (tertiary alicyclic amines) is 1. The van der Waals surface area contributed by atoms with Gasteiger partial charge < -0.3 is 10.2 Å². The Hall–Kier alpha value is -3.39. The van der Waals surface area contributed by atoms with Crippen LogP contribution in [0, 0.1) is 5.92 Å². The van der Waals surface area contributed by atoms with Crippen molar-refractivity contribution in [3.05, 3.63) is 71.6 Å². The smallest absolute Gasteiger partial charge is 0.272 e. The molecule has 166 valence electrons. The van der Waals surface area contributed by atoms with Crippen LogP contribution in [0.2, 0.25) is 5.02 Å². The molecule has 3 aromatic heterocycles. The van der Waals surface area contributed by atoms with Crippen LogP contribution in [0.5, 0.6) is 0 Å². The fourth-order valence-electron chi connectivity index (χ4n) is 4.25. The number of piperidine rings is 1. The van der Waals surface area contributed by atoms with Gasteiger partial charge in [-0.15, -0.1) is 0 Å². The van der Waals surface area contributed by atoms with E-state index < -0.39 is 0 Å². The molecule has 1 amide bonds. The number of nitrogens with one attached hydrogen (secondary N) is 1. The normalized spacial score (nSPS) is 14.5. The average molecular weight is 459 g/mol. The molecule has 1 fully saturated rings. The van der Waals surface area contributed by atoms with Crippen molar-refractivity contribution in [3.8, 4) is 11.3 Å². The summed E-state index contributed by atoms with van der Waals surface area (Å²) in [6.07, 6.45) is 5.36. The maximum Gasteiger partial charge on any atom is 0.272 e. The zero-order chi connectivity index (χ0) is 22.8. The number of hydrogen-bond donors (Lipinski definition) is 1. The zero-order valence-corrected chi connectivity index (χ0v) is 19.2. The van der Waals surface area contributed by atoms with Gasteiger partial charge in [0.15, 0.2) is 5.65 Å². The van der Waals surface area contributed by atoms with Gasteiger partial charge in [-0.3, -0.25) is 9.78 Å². The Labute approximate surface area is 198 Å². The Bertz CT molecular complexity index is 1290. The summed E-state index contributed by atoms with van der Waals surface area (Å²) in [5.41, 5.74) is 4.04. The van der Waals surface area contributed by atoms with Crippen LogP contribution in [-0.4, -0.2) is 57.9 Å². The maximum absolute atomic E-state index is 12.7. The first kappa shape index (κ1) is 21.5. The van der Waals surface area contributed by atoms with Crippen LogP contribution in [0.1, 0.15) is 23.3 Å². The number of carbonyl (C=O) groups is 1. The van der Waals surface area contributed by atoms with Gasteiger partial charge in [0.1, 0.15) is 19.4 Å². The summed E-state index contributed by atoms with van der Waals surface area (Å²) in [5, 5.41) is 8.75. The van der Waals surface area contributed by atoms with Crippen molar-refractivity contribution < 1.29 is 4.79 Å². The monoisotopic (exact) mass is 458 g/mol. The summed E-state index contributed by atoms with van der Waals surface area (Å²) in [5.74, 6) is 1.35. The fraction of sp³-hybridized carbons (Fsp3) is 0.250. The van der Waals surface area contributed by atoms with E-state index in [1.165, 1.54) is 0 Å². The van der Waals surface area contributed by atoms with Crippen molar-refractivity contribution in [1.82, 2.24) is 24.5 Å². The number of amides is 1. The molecule has 1 aliphatic heterocycles. The van der Waals surface area contributed by atoms with E-state index >= 15 is 0 Å². The van der Waals surface area contributed by atoms with Crippen molar-refractivity contribution in [2.75, 3.05) is 25.0 Å². The minimum absolute atomic E-state index is 0.00856. The molecular formula is C24H24BClN6O. The summed E-state index contributed by atoms with van der Waals surface area (Å²) in [4.78, 5) is 23.5. The second kappa shape index (κ2) is 9.23. The maximum atomic E-state index is 12.7. The van der Waals surface area contributed by atoms with Gasteiger partial charge in [-0.05, 0) is 42.4 Å². The van der Waals surface area contributed by atoms with Crippen molar-refractivity contribution >= 4 is 42.3 Å². The Morgan fingerprint density at radius 3 is 2.70 bits per heavy atom. The topological polar surface area (TPSA) is 75.4 Å². The molecule has 4 heterocycles. The lowest BCUT2D eigenvalue weighted by Crippen LogP contribution is -2.40. The van der Waals surface area contributed by atoms with E-state index in [1.54, 1.807) is 12.3 Å². The number of nitrogens with zero attached hydrogens (tertiary/aromatic N) is 5. The van der Waals surface area contributed by atoms with Crippen molar-refractivity contribution in [2.45, 2.75) is 12.8 Å². The summed E-state index contributed by atoms with van der Waals surface area (Å²) < 4.78 is 1.84. The minimum Gasteiger partial charge on any atom is -0.370 e. The highest BCUT2D eigenvalue weighted by Gasteiger charge is 2.24. The fourth-order valence-corrected chi connectivity index (χ4v) is 4.48. The van der Waals surface area contributed by atoms with Gasteiger partial charge in [-0.1, -0.05) is 35.9 Å². The van der Waals surface area contributed by atoms with E-state index in [1.807, 2.05) is 65.9 Å². The highest BCUT2D eigenvalue weighted by atomic mass is 35.5. The number of pyridine rings is 1. The molecule has 0 bridgehead atoms. The molecule has 7 nitrogen and oxygen atoms in total. The number of rotatable bonds is 5. The van der Waals surface area contributed by atoms with Crippen molar-refractivity contribution in [3.63, 3.8) is 0 Å². The Balaban J connectivity index is 1.29. The van der Waals surface area contributed by atoms with Crippen LogP contribution in [0.15, 0.2) is 60.9 Å². The molecule has 33 heavy (non-hydrogen) atoms. The Morgan fingerprint density at radius 2 is 1.94 bits per heavy atom. The summed E-state index contributed by atoms with van der Waals surface area (Å²) in [7, 11) is 2.00. The molecule has 4 aromatic rings. The first-order chi connectivity index (χ1) is 16.1. The highest BCUT2D eigenvalue weighted by molar-refractivity contribution is 6.36. The first-order valence-electron chi connectivity index (χ1n) is 11.1. The minimum atomic E-state index is 0.00856. The van der Waals surface area contributed by atoms with Gasteiger partial charge in [0.25, 0.3) is 5.91 Å². The second-order valence-corrected chi connectivity index (χ2v) is 8.81. The van der Waals surface area contributed by atoms with Gasteiger partial charge in [-0.2, -0.15) is 9.61 Å². The highest BCUT2D eigenvalue weighted by Crippen LogP contribution is 2.28. The predicted molar refractivity (Wildman–Crippen MR) is 133 cm³/mol. The van der Waals surface area contributed by atoms with Crippen LogP contribution in [0.4, 0.5) is 5.82 Å². The van der Waals surface area contributed by atoms with Gasteiger partial charge in [0.2, 0.25) is 0 Å². The quantitative estimate of drug-likeness (QED) is 0.465. The molecule has 0 saturated carbocycles. The van der Waals surface area contributed by atoms with E-state index in [0.29, 0.717) is 16.6 Å². The molecule has 1 aliphatic rings. The van der Waals surface area contributed by atoms with Gasteiger partial charge >= 0.3 is 0 Å². The van der Waals surface area contributed by atoms with Crippen LogP contribution in [0.25, 0.3) is 16.9 Å². The Kier molecular flexibility index (Phi) is 6.00. The van der Waals surface area contributed by atoms with E-state index in [0.717, 1.165) is 60.7 Å². The van der Waals surface area contributed by atoms with Crippen molar-refractivity contribution in [2.24, 2.45) is 5.92 Å². The third kappa shape index (κ3) is 4.43. The number of benzene rings is 1. The Morgan fingerprint density at radius 1 is 1.15 bits per heavy atom. The average Bonchev–Trinajstić information content (AvgIpc) is 3.24. The van der Waals surface area contributed by atoms with Crippen LogP contribution in [-0.2, 0) is 0 Å².